The van der Waals surface area contributed by atoms with Crippen LogP contribution < -0.4 is 5.73 Å². The van der Waals surface area contributed by atoms with Crippen molar-refractivity contribution < 1.29 is 14.8 Å². The number of nitrogens with zero attached hydrogens (tertiary/aromatic N) is 4. The van der Waals surface area contributed by atoms with E-state index in [2.05, 4.69) is 15.0 Å². The van der Waals surface area contributed by atoms with E-state index in [1.807, 2.05) is 0 Å². The highest BCUT2D eigenvalue weighted by Crippen LogP contribution is 2.54. The van der Waals surface area contributed by atoms with Gasteiger partial charge < -0.3 is 25.1 Å². The molecule has 0 amide bonds. The number of hydrogen-bond donors (Lipinski definition) is 3. The van der Waals surface area contributed by atoms with Gasteiger partial charge in [0, 0.05) is 12.3 Å². The minimum atomic E-state index is -2.71. The second-order valence-electron chi connectivity index (χ2n) is 4.78. The number of aliphatic hydroxyl groups is 2. The quantitative estimate of drug-likeness (QED) is 0.642. The smallest absolute Gasteiger partial charge is 0.165 e. The lowest BCUT2D eigenvalue weighted by atomic mass is 10.2. The summed E-state index contributed by atoms with van der Waals surface area (Å²) >= 11 is 0. The number of imidazole rings is 1. The van der Waals surface area contributed by atoms with Gasteiger partial charge in [-0.3, -0.25) is 0 Å². The number of rotatable bonds is 2. The Bertz CT molecular complexity index is 672. The van der Waals surface area contributed by atoms with E-state index in [1.165, 1.54) is 12.7 Å². The molecule has 1 aliphatic rings. The maximum absolute atomic E-state index is 12.2. The van der Waals surface area contributed by atoms with Crippen LogP contribution in [-0.4, -0.2) is 54.5 Å². The van der Waals surface area contributed by atoms with Crippen molar-refractivity contribution in [3.63, 3.8) is 0 Å². The number of aromatic nitrogens is 4. The van der Waals surface area contributed by atoms with Crippen LogP contribution in [0.5, 0.6) is 0 Å². The van der Waals surface area contributed by atoms with Gasteiger partial charge in [0.25, 0.3) is 0 Å². The molecule has 3 atom stereocenters. The average Bonchev–Trinajstić information content (AvgIpc) is 2.92. The fraction of sp³-hybridized carbons (Fsp3) is 0.500. The molecule has 102 valence electrons. The first kappa shape index (κ1) is 12.5. The highest BCUT2D eigenvalue weighted by atomic mass is 31.2. The third-order valence-electron chi connectivity index (χ3n) is 3.49. The van der Waals surface area contributed by atoms with E-state index in [-0.39, 0.29) is 24.5 Å². The second kappa shape index (κ2) is 4.26. The molecule has 0 aliphatic carbocycles. The number of fused-ring (bicyclic) bond motifs is 1. The molecule has 2 aromatic rings. The van der Waals surface area contributed by atoms with Crippen LogP contribution in [-0.2, 0) is 4.57 Å². The number of anilines is 1. The van der Waals surface area contributed by atoms with Crippen molar-refractivity contribution in [2.24, 2.45) is 0 Å². The molecule has 1 saturated heterocycles. The van der Waals surface area contributed by atoms with Crippen molar-refractivity contribution in [1.29, 1.82) is 0 Å². The van der Waals surface area contributed by atoms with E-state index < -0.39 is 19.3 Å². The first-order valence-corrected chi connectivity index (χ1v) is 8.09. The predicted molar refractivity (Wildman–Crippen MR) is 69.2 cm³/mol. The van der Waals surface area contributed by atoms with Gasteiger partial charge in [-0.15, -0.1) is 0 Å². The number of nitrogens with two attached hydrogens (primary N) is 1. The Morgan fingerprint density at radius 2 is 2.21 bits per heavy atom. The molecule has 9 heteroatoms. The molecule has 0 bridgehead atoms. The maximum Gasteiger partial charge on any atom is 0.165 e. The van der Waals surface area contributed by atoms with Gasteiger partial charge in [0.05, 0.1) is 24.8 Å². The van der Waals surface area contributed by atoms with Gasteiger partial charge in [0.15, 0.2) is 11.5 Å². The molecular formula is C10H14N5O3P. The van der Waals surface area contributed by atoms with E-state index in [0.717, 1.165) is 0 Å². The van der Waals surface area contributed by atoms with Crippen molar-refractivity contribution in [1.82, 2.24) is 19.5 Å². The Hall–Kier alpha value is -1.50. The Kier molecular flexibility index (Phi) is 2.81. The molecule has 0 saturated carbocycles. The van der Waals surface area contributed by atoms with Crippen LogP contribution in [0.3, 0.4) is 0 Å². The van der Waals surface area contributed by atoms with Crippen LogP contribution >= 0.6 is 7.14 Å². The van der Waals surface area contributed by atoms with E-state index in [9.17, 15) is 14.8 Å². The van der Waals surface area contributed by atoms with Gasteiger partial charge in [-0.2, -0.15) is 0 Å². The van der Waals surface area contributed by atoms with Gasteiger partial charge >= 0.3 is 0 Å². The summed E-state index contributed by atoms with van der Waals surface area (Å²) in [5.74, 6) is 0.265. The van der Waals surface area contributed by atoms with E-state index in [4.69, 9.17) is 5.73 Å². The first-order chi connectivity index (χ1) is 9.04. The summed E-state index contributed by atoms with van der Waals surface area (Å²) in [4.78, 5) is 12.1. The summed E-state index contributed by atoms with van der Waals surface area (Å²) in [5.41, 5.74) is 6.66. The molecule has 8 nitrogen and oxygen atoms in total. The van der Waals surface area contributed by atoms with Crippen LogP contribution in [0.4, 0.5) is 5.82 Å². The number of hydrogen-bond acceptors (Lipinski definition) is 7. The van der Waals surface area contributed by atoms with Crippen LogP contribution in [0.1, 0.15) is 6.04 Å². The molecule has 19 heavy (non-hydrogen) atoms. The molecule has 0 spiro atoms. The zero-order valence-corrected chi connectivity index (χ0v) is 10.9. The zero-order valence-electron chi connectivity index (χ0n) is 10.0. The summed E-state index contributed by atoms with van der Waals surface area (Å²) in [5, 5.41) is 19.2. The fourth-order valence-electron chi connectivity index (χ4n) is 2.50. The van der Waals surface area contributed by atoms with E-state index in [0.29, 0.717) is 11.2 Å². The molecule has 4 N–H and O–H groups in total. The third kappa shape index (κ3) is 1.92. The number of aliphatic hydroxyl groups excluding tert-OH is 2. The highest BCUT2D eigenvalue weighted by Gasteiger charge is 2.42. The lowest BCUT2D eigenvalue weighted by Crippen LogP contribution is -2.21. The standard InChI is InChI=1S/C10H14N5O3P/c11-9-8-10(13-3-12-9)15(4-14-8)6-1-19(18,5-16)2-7(6)17/h3-4,6-7,16-17H,1-2,5H2,(H2,11,12,13)/t6-,7-,19+/m1/s1. The molecule has 1 aliphatic heterocycles. The normalized spacial score (nSPS) is 31.1. The highest BCUT2D eigenvalue weighted by molar-refractivity contribution is 7.64. The van der Waals surface area contributed by atoms with E-state index in [1.54, 1.807) is 4.57 Å². The SMILES string of the molecule is Nc1ncnc2c1ncn2[C@@H]1C[P@@](=O)(CO)C[C@H]1O. The topological polar surface area (TPSA) is 127 Å². The van der Waals surface area contributed by atoms with Crippen LogP contribution in [0.15, 0.2) is 12.7 Å². The summed E-state index contributed by atoms with van der Waals surface area (Å²) in [6.45, 7) is 0. The first-order valence-electron chi connectivity index (χ1n) is 5.83. The average molecular weight is 283 g/mol. The Morgan fingerprint density at radius 3 is 2.89 bits per heavy atom. The van der Waals surface area contributed by atoms with Gasteiger partial charge in [0.2, 0.25) is 0 Å². The van der Waals surface area contributed by atoms with Crippen LogP contribution in [0.2, 0.25) is 0 Å². The molecule has 0 unspecified atom stereocenters. The van der Waals surface area contributed by atoms with Crippen molar-refractivity contribution in [3.8, 4) is 0 Å². The fourth-order valence-corrected chi connectivity index (χ4v) is 4.91. The molecule has 2 aromatic heterocycles. The molecular weight excluding hydrogens is 269 g/mol. The minimum Gasteiger partial charge on any atom is -0.390 e. The summed E-state index contributed by atoms with van der Waals surface area (Å²) in [6.07, 6.45) is 2.02. The summed E-state index contributed by atoms with van der Waals surface area (Å²) in [7, 11) is -2.71. The molecule has 0 radical (unpaired) electrons. The van der Waals surface area contributed by atoms with Crippen LogP contribution in [0.25, 0.3) is 11.2 Å². The summed E-state index contributed by atoms with van der Waals surface area (Å²) < 4.78 is 13.9. The Balaban J connectivity index is 2.06. The van der Waals surface area contributed by atoms with Crippen molar-refractivity contribution in [3.05, 3.63) is 12.7 Å². The second-order valence-corrected chi connectivity index (χ2v) is 7.91. The number of nitrogen functional groups attached to an aromatic ring is 1. The van der Waals surface area contributed by atoms with Crippen molar-refractivity contribution >= 4 is 24.1 Å². The molecule has 3 heterocycles. The molecule has 0 aromatic carbocycles. The molecule has 3 rings (SSSR count). The van der Waals surface area contributed by atoms with Crippen LogP contribution in [0, 0.1) is 0 Å². The van der Waals surface area contributed by atoms with E-state index >= 15 is 0 Å². The van der Waals surface area contributed by atoms with Gasteiger partial charge in [-0.05, 0) is 0 Å². The van der Waals surface area contributed by atoms with Crippen molar-refractivity contribution in [2.75, 3.05) is 24.4 Å². The zero-order chi connectivity index (χ0) is 13.6. The Morgan fingerprint density at radius 1 is 1.42 bits per heavy atom. The van der Waals surface area contributed by atoms with Crippen molar-refractivity contribution in [2.45, 2.75) is 12.1 Å². The lowest BCUT2D eigenvalue weighted by Gasteiger charge is -2.15. The maximum atomic E-state index is 12.2. The Labute approximate surface area is 108 Å². The monoisotopic (exact) mass is 283 g/mol. The molecule has 1 fully saturated rings. The summed E-state index contributed by atoms with van der Waals surface area (Å²) in [6, 6.07) is -0.405. The van der Waals surface area contributed by atoms with Gasteiger partial charge in [-0.1, -0.05) is 0 Å². The van der Waals surface area contributed by atoms with Gasteiger partial charge in [0.1, 0.15) is 19.0 Å². The minimum absolute atomic E-state index is 0.119. The third-order valence-corrected chi connectivity index (χ3v) is 6.08. The lowest BCUT2D eigenvalue weighted by molar-refractivity contribution is 0.154. The largest absolute Gasteiger partial charge is 0.390 e. The van der Waals surface area contributed by atoms with Gasteiger partial charge in [-0.25, -0.2) is 15.0 Å². The predicted octanol–water partition coefficient (Wildman–Crippen LogP) is -0.363.